The molecule has 2 rings (SSSR count). The smallest absolute Gasteiger partial charge is 0.259 e. The maximum Gasteiger partial charge on any atom is 0.259 e. The van der Waals surface area contributed by atoms with Crippen LogP contribution >= 0.6 is 11.6 Å². The van der Waals surface area contributed by atoms with Crippen LogP contribution in [0.4, 0.5) is 11.4 Å². The number of carbonyl (C=O) groups excluding carboxylic acids is 1. The van der Waals surface area contributed by atoms with E-state index in [0.29, 0.717) is 27.7 Å². The second-order valence-corrected chi connectivity index (χ2v) is 4.73. The predicted octanol–water partition coefficient (Wildman–Crippen LogP) is 3.49. The van der Waals surface area contributed by atoms with Crippen molar-refractivity contribution in [3.05, 3.63) is 52.5 Å². The van der Waals surface area contributed by atoms with E-state index in [1.54, 1.807) is 36.4 Å². The standard InChI is InChI=1S/C15H15ClN2O2/c1-9-12(16)4-3-5-13(9)18-15(19)11-8-10(17)6-7-14(11)20-2/h3-8H,17H2,1-2H3,(H,18,19). The zero-order valence-corrected chi connectivity index (χ0v) is 12.0. The molecule has 0 bridgehead atoms. The van der Waals surface area contributed by atoms with Crippen LogP contribution in [0.15, 0.2) is 36.4 Å². The molecule has 0 heterocycles. The lowest BCUT2D eigenvalue weighted by Crippen LogP contribution is -2.14. The van der Waals surface area contributed by atoms with Crippen LogP contribution < -0.4 is 15.8 Å². The van der Waals surface area contributed by atoms with Crippen LogP contribution in [-0.4, -0.2) is 13.0 Å². The highest BCUT2D eigenvalue weighted by Gasteiger charge is 2.14. The SMILES string of the molecule is COc1ccc(N)cc1C(=O)Nc1cccc(Cl)c1C. The molecule has 2 aromatic rings. The Kier molecular flexibility index (Phi) is 4.15. The molecule has 1 amide bonds. The second-order valence-electron chi connectivity index (χ2n) is 4.33. The van der Waals surface area contributed by atoms with Crippen LogP contribution in [0.1, 0.15) is 15.9 Å². The highest BCUT2D eigenvalue weighted by Crippen LogP contribution is 2.26. The van der Waals surface area contributed by atoms with E-state index in [4.69, 9.17) is 22.1 Å². The van der Waals surface area contributed by atoms with E-state index in [1.807, 2.05) is 6.92 Å². The number of amides is 1. The summed E-state index contributed by atoms with van der Waals surface area (Å²) in [5, 5.41) is 3.41. The minimum atomic E-state index is -0.292. The fraction of sp³-hybridized carbons (Fsp3) is 0.133. The second kappa shape index (κ2) is 5.84. The lowest BCUT2D eigenvalue weighted by molar-refractivity contribution is 0.102. The van der Waals surface area contributed by atoms with Gasteiger partial charge in [-0.3, -0.25) is 4.79 Å². The number of ether oxygens (including phenoxy) is 1. The zero-order chi connectivity index (χ0) is 14.7. The third-order valence-corrected chi connectivity index (χ3v) is 3.39. The topological polar surface area (TPSA) is 64.3 Å². The van der Waals surface area contributed by atoms with Crippen LogP contribution in [0.2, 0.25) is 5.02 Å². The molecule has 0 saturated heterocycles. The predicted molar refractivity (Wildman–Crippen MR) is 81.5 cm³/mol. The van der Waals surface area contributed by atoms with Crippen molar-refractivity contribution in [1.29, 1.82) is 0 Å². The van der Waals surface area contributed by atoms with E-state index in [-0.39, 0.29) is 5.91 Å². The highest BCUT2D eigenvalue weighted by molar-refractivity contribution is 6.31. The summed E-state index contributed by atoms with van der Waals surface area (Å²) >= 11 is 6.03. The van der Waals surface area contributed by atoms with Crippen LogP contribution in [0.25, 0.3) is 0 Å². The minimum Gasteiger partial charge on any atom is -0.496 e. The van der Waals surface area contributed by atoms with Gasteiger partial charge in [-0.1, -0.05) is 17.7 Å². The first-order valence-electron chi connectivity index (χ1n) is 6.03. The molecular weight excluding hydrogens is 276 g/mol. The Bertz CT molecular complexity index is 656. The number of nitrogens with two attached hydrogens (primary N) is 1. The normalized spacial score (nSPS) is 10.2. The quantitative estimate of drug-likeness (QED) is 0.851. The molecule has 0 fully saturated rings. The van der Waals surface area contributed by atoms with E-state index >= 15 is 0 Å². The third kappa shape index (κ3) is 2.86. The van der Waals surface area contributed by atoms with Crippen molar-refractivity contribution in [1.82, 2.24) is 0 Å². The Morgan fingerprint density at radius 1 is 1.30 bits per heavy atom. The maximum atomic E-state index is 12.3. The van der Waals surface area contributed by atoms with Gasteiger partial charge >= 0.3 is 0 Å². The molecule has 0 atom stereocenters. The van der Waals surface area contributed by atoms with Crippen LogP contribution in [0.5, 0.6) is 5.75 Å². The summed E-state index contributed by atoms with van der Waals surface area (Å²) in [6.07, 6.45) is 0. The lowest BCUT2D eigenvalue weighted by atomic mass is 10.1. The molecule has 20 heavy (non-hydrogen) atoms. The summed E-state index contributed by atoms with van der Waals surface area (Å²) < 4.78 is 5.17. The zero-order valence-electron chi connectivity index (χ0n) is 11.2. The van der Waals surface area contributed by atoms with Crippen molar-refractivity contribution < 1.29 is 9.53 Å². The molecule has 0 unspecified atom stereocenters. The Labute approximate surface area is 122 Å². The first kappa shape index (κ1) is 14.2. The van der Waals surface area contributed by atoms with Gasteiger partial charge in [0, 0.05) is 16.4 Å². The van der Waals surface area contributed by atoms with Gasteiger partial charge in [0.05, 0.1) is 12.7 Å². The molecule has 0 aliphatic carbocycles. The Hall–Kier alpha value is -2.20. The van der Waals surface area contributed by atoms with Crippen molar-refractivity contribution in [2.45, 2.75) is 6.92 Å². The average Bonchev–Trinajstić information content (AvgIpc) is 2.43. The summed E-state index contributed by atoms with van der Waals surface area (Å²) in [5.41, 5.74) is 8.06. The monoisotopic (exact) mass is 290 g/mol. The molecule has 104 valence electrons. The molecule has 4 nitrogen and oxygen atoms in total. The fourth-order valence-corrected chi connectivity index (χ4v) is 2.01. The first-order chi connectivity index (χ1) is 9.52. The van der Waals surface area contributed by atoms with Crippen molar-refractivity contribution >= 4 is 28.9 Å². The van der Waals surface area contributed by atoms with Gasteiger partial charge < -0.3 is 15.8 Å². The van der Waals surface area contributed by atoms with Gasteiger partial charge in [-0.25, -0.2) is 0 Å². The summed E-state index contributed by atoms with van der Waals surface area (Å²) in [6, 6.07) is 10.3. The number of methoxy groups -OCH3 is 1. The Morgan fingerprint density at radius 2 is 2.05 bits per heavy atom. The van der Waals surface area contributed by atoms with E-state index in [0.717, 1.165) is 5.56 Å². The number of nitrogens with one attached hydrogen (secondary N) is 1. The first-order valence-corrected chi connectivity index (χ1v) is 6.40. The fourth-order valence-electron chi connectivity index (χ4n) is 1.84. The summed E-state index contributed by atoms with van der Waals surface area (Å²) in [5.74, 6) is 0.177. The molecule has 0 aromatic heterocycles. The number of hydrogen-bond acceptors (Lipinski definition) is 3. The van der Waals surface area contributed by atoms with Gasteiger partial charge in [0.1, 0.15) is 5.75 Å². The number of anilines is 2. The Morgan fingerprint density at radius 3 is 2.75 bits per heavy atom. The van der Waals surface area contributed by atoms with Crippen LogP contribution in [0.3, 0.4) is 0 Å². The van der Waals surface area contributed by atoms with Gasteiger partial charge in [-0.15, -0.1) is 0 Å². The number of rotatable bonds is 3. The molecule has 0 spiro atoms. The molecular formula is C15H15ClN2O2. The minimum absolute atomic E-state index is 0.292. The van der Waals surface area contributed by atoms with Crippen molar-refractivity contribution in [3.8, 4) is 5.75 Å². The van der Waals surface area contributed by atoms with E-state index in [2.05, 4.69) is 5.32 Å². The summed E-state index contributed by atoms with van der Waals surface area (Å²) in [7, 11) is 1.51. The van der Waals surface area contributed by atoms with E-state index in [9.17, 15) is 4.79 Å². The molecule has 0 aliphatic rings. The van der Waals surface area contributed by atoms with E-state index < -0.39 is 0 Å². The van der Waals surface area contributed by atoms with Crippen molar-refractivity contribution in [2.75, 3.05) is 18.2 Å². The summed E-state index contributed by atoms with van der Waals surface area (Å²) in [4.78, 5) is 12.3. The van der Waals surface area contributed by atoms with Crippen molar-refractivity contribution in [3.63, 3.8) is 0 Å². The summed E-state index contributed by atoms with van der Waals surface area (Å²) in [6.45, 7) is 1.84. The highest BCUT2D eigenvalue weighted by atomic mass is 35.5. The molecule has 0 aliphatic heterocycles. The van der Waals surface area contributed by atoms with Gasteiger partial charge in [-0.05, 0) is 42.8 Å². The lowest BCUT2D eigenvalue weighted by Gasteiger charge is -2.12. The number of halogens is 1. The number of nitrogen functional groups attached to an aromatic ring is 1. The molecule has 0 radical (unpaired) electrons. The number of carbonyl (C=O) groups is 1. The van der Waals surface area contributed by atoms with Gasteiger partial charge in [0.2, 0.25) is 0 Å². The van der Waals surface area contributed by atoms with Gasteiger partial charge in [0.15, 0.2) is 0 Å². The molecule has 3 N–H and O–H groups in total. The molecule has 5 heteroatoms. The largest absolute Gasteiger partial charge is 0.496 e. The van der Waals surface area contributed by atoms with Gasteiger partial charge in [0.25, 0.3) is 5.91 Å². The number of hydrogen-bond donors (Lipinski definition) is 2. The Balaban J connectivity index is 2.33. The van der Waals surface area contributed by atoms with Crippen molar-refractivity contribution in [2.24, 2.45) is 0 Å². The van der Waals surface area contributed by atoms with E-state index in [1.165, 1.54) is 7.11 Å². The van der Waals surface area contributed by atoms with Crippen LogP contribution in [0, 0.1) is 6.92 Å². The van der Waals surface area contributed by atoms with Crippen LogP contribution in [-0.2, 0) is 0 Å². The average molecular weight is 291 g/mol. The maximum absolute atomic E-state index is 12.3. The van der Waals surface area contributed by atoms with Gasteiger partial charge in [-0.2, -0.15) is 0 Å². The third-order valence-electron chi connectivity index (χ3n) is 2.98. The molecule has 2 aromatic carbocycles. The molecule has 0 saturated carbocycles. The number of benzene rings is 2.